The molecule has 2 amide bonds. The van der Waals surface area contributed by atoms with Gasteiger partial charge >= 0.3 is 11.8 Å². The maximum absolute atomic E-state index is 12.8. The molecule has 0 unspecified atom stereocenters. The van der Waals surface area contributed by atoms with Gasteiger partial charge in [-0.25, -0.2) is 4.39 Å². The van der Waals surface area contributed by atoms with Crippen molar-refractivity contribution in [3.63, 3.8) is 0 Å². The van der Waals surface area contributed by atoms with Crippen molar-refractivity contribution in [1.82, 2.24) is 10.6 Å². The van der Waals surface area contributed by atoms with E-state index in [4.69, 9.17) is 0 Å². The Morgan fingerprint density at radius 1 is 0.957 bits per heavy atom. The van der Waals surface area contributed by atoms with Gasteiger partial charge in [0.05, 0.1) is 0 Å². The number of hydrogen-bond donors (Lipinski definition) is 2. The molecule has 2 aromatic rings. The number of hydrogen-bond acceptors (Lipinski definition) is 2. The lowest BCUT2D eigenvalue weighted by molar-refractivity contribution is -0.139. The molecule has 0 aromatic heterocycles. The van der Waals surface area contributed by atoms with Gasteiger partial charge < -0.3 is 10.6 Å². The molecule has 0 fully saturated rings. The molecule has 0 aliphatic carbocycles. The topological polar surface area (TPSA) is 58.2 Å². The third-order valence-corrected chi connectivity index (χ3v) is 3.35. The summed E-state index contributed by atoms with van der Waals surface area (Å²) >= 11 is 0. The predicted molar refractivity (Wildman–Crippen MR) is 86.1 cm³/mol. The van der Waals surface area contributed by atoms with Gasteiger partial charge in [-0.2, -0.15) is 0 Å². The summed E-state index contributed by atoms with van der Waals surface area (Å²) in [5.74, 6) is -1.63. The fourth-order valence-electron chi connectivity index (χ4n) is 2.14. The van der Waals surface area contributed by atoms with Gasteiger partial charge in [-0.05, 0) is 36.6 Å². The number of nitrogens with one attached hydrogen (secondary N) is 2. The van der Waals surface area contributed by atoms with Gasteiger partial charge in [0.15, 0.2) is 0 Å². The number of benzene rings is 2. The van der Waals surface area contributed by atoms with E-state index in [-0.39, 0.29) is 5.82 Å². The minimum atomic E-state index is -0.667. The Bertz CT molecular complexity index is 684. The molecule has 0 bridgehead atoms. The second kappa shape index (κ2) is 8.08. The fraction of sp³-hybridized carbons (Fsp3) is 0.222. The number of carbonyl (C=O) groups is 2. The minimum Gasteiger partial charge on any atom is -0.348 e. The zero-order valence-electron chi connectivity index (χ0n) is 12.9. The summed E-state index contributed by atoms with van der Waals surface area (Å²) in [6.07, 6.45) is 0.539. The lowest BCUT2D eigenvalue weighted by Crippen LogP contribution is -2.40. The molecule has 2 rings (SSSR count). The lowest BCUT2D eigenvalue weighted by atomic mass is 10.1. The molecule has 0 saturated carbocycles. The van der Waals surface area contributed by atoms with Gasteiger partial charge in [0, 0.05) is 13.1 Å². The molecule has 0 heterocycles. The Hall–Kier alpha value is -2.69. The number of rotatable bonds is 5. The zero-order valence-corrected chi connectivity index (χ0v) is 12.9. The molecule has 5 heteroatoms. The van der Waals surface area contributed by atoms with Crippen LogP contribution in [0.5, 0.6) is 0 Å². The first-order valence-electron chi connectivity index (χ1n) is 7.40. The predicted octanol–water partition coefficient (Wildman–Crippen LogP) is 2.11. The second-order valence-corrected chi connectivity index (χ2v) is 5.30. The van der Waals surface area contributed by atoms with Crippen LogP contribution in [0.4, 0.5) is 4.39 Å². The van der Waals surface area contributed by atoms with Gasteiger partial charge in [0.2, 0.25) is 0 Å². The summed E-state index contributed by atoms with van der Waals surface area (Å²) in [5.41, 5.74) is 2.94. The average molecular weight is 314 g/mol. The van der Waals surface area contributed by atoms with Crippen molar-refractivity contribution >= 4 is 11.8 Å². The smallest absolute Gasteiger partial charge is 0.309 e. The van der Waals surface area contributed by atoms with E-state index in [2.05, 4.69) is 10.6 Å². The summed E-state index contributed by atoms with van der Waals surface area (Å²) in [6.45, 7) is 2.60. The lowest BCUT2D eigenvalue weighted by Gasteiger charge is -2.07. The van der Waals surface area contributed by atoms with Crippen LogP contribution in [0.1, 0.15) is 16.7 Å². The van der Waals surface area contributed by atoms with Crippen LogP contribution in [-0.4, -0.2) is 18.4 Å². The summed E-state index contributed by atoms with van der Waals surface area (Å²) in [4.78, 5) is 23.4. The highest BCUT2D eigenvalue weighted by atomic mass is 19.1. The van der Waals surface area contributed by atoms with E-state index in [1.54, 1.807) is 12.1 Å². The fourth-order valence-corrected chi connectivity index (χ4v) is 2.14. The monoisotopic (exact) mass is 314 g/mol. The third-order valence-electron chi connectivity index (χ3n) is 3.35. The first-order valence-corrected chi connectivity index (χ1v) is 7.40. The Balaban J connectivity index is 1.72. The van der Waals surface area contributed by atoms with Crippen LogP contribution >= 0.6 is 0 Å². The maximum atomic E-state index is 12.8. The summed E-state index contributed by atoms with van der Waals surface area (Å²) in [5, 5.41) is 5.13. The molecule has 0 atom stereocenters. The van der Waals surface area contributed by atoms with Crippen LogP contribution < -0.4 is 10.6 Å². The van der Waals surface area contributed by atoms with E-state index < -0.39 is 11.8 Å². The van der Waals surface area contributed by atoms with Gasteiger partial charge in [0.25, 0.3) is 0 Å². The number of carbonyl (C=O) groups excluding carboxylic acids is 2. The van der Waals surface area contributed by atoms with Gasteiger partial charge in [0.1, 0.15) is 5.82 Å². The van der Waals surface area contributed by atoms with Crippen LogP contribution in [0.2, 0.25) is 0 Å². The Morgan fingerprint density at radius 2 is 1.65 bits per heavy atom. The van der Waals surface area contributed by atoms with E-state index in [1.165, 1.54) is 12.1 Å². The van der Waals surface area contributed by atoms with Gasteiger partial charge in [-0.3, -0.25) is 9.59 Å². The quantitative estimate of drug-likeness (QED) is 0.831. The largest absolute Gasteiger partial charge is 0.348 e. The molecule has 0 spiro atoms. The van der Waals surface area contributed by atoms with E-state index in [0.29, 0.717) is 19.5 Å². The van der Waals surface area contributed by atoms with Crippen LogP contribution in [0.25, 0.3) is 0 Å². The van der Waals surface area contributed by atoms with E-state index in [1.807, 2.05) is 31.2 Å². The molecular weight excluding hydrogens is 295 g/mol. The van der Waals surface area contributed by atoms with Crippen molar-refractivity contribution in [1.29, 1.82) is 0 Å². The zero-order chi connectivity index (χ0) is 16.7. The minimum absolute atomic E-state index is 0.298. The van der Waals surface area contributed by atoms with Crippen molar-refractivity contribution < 1.29 is 14.0 Å². The SMILES string of the molecule is Cc1cccc(CNC(=O)C(=O)NCCc2ccc(F)cc2)c1. The van der Waals surface area contributed by atoms with Crippen molar-refractivity contribution in [2.45, 2.75) is 19.9 Å². The molecule has 2 aromatic carbocycles. The Kier molecular flexibility index (Phi) is 5.86. The van der Waals surface area contributed by atoms with Crippen molar-refractivity contribution in [2.75, 3.05) is 6.54 Å². The van der Waals surface area contributed by atoms with Crippen molar-refractivity contribution in [2.24, 2.45) is 0 Å². The molecule has 0 aliphatic rings. The molecule has 0 radical (unpaired) electrons. The second-order valence-electron chi connectivity index (χ2n) is 5.30. The molecule has 120 valence electrons. The van der Waals surface area contributed by atoms with Crippen LogP contribution in [0.15, 0.2) is 48.5 Å². The van der Waals surface area contributed by atoms with Crippen molar-refractivity contribution in [3.8, 4) is 0 Å². The Morgan fingerprint density at radius 3 is 2.35 bits per heavy atom. The standard InChI is InChI=1S/C18H19FN2O2/c1-13-3-2-4-15(11-13)12-21-18(23)17(22)20-10-9-14-5-7-16(19)8-6-14/h2-8,11H,9-10,12H2,1H3,(H,20,22)(H,21,23). The first-order chi connectivity index (χ1) is 11.0. The van der Waals surface area contributed by atoms with E-state index in [9.17, 15) is 14.0 Å². The molecule has 2 N–H and O–H groups in total. The summed E-state index contributed by atoms with van der Waals surface area (Å²) < 4.78 is 12.8. The van der Waals surface area contributed by atoms with Crippen LogP contribution in [0.3, 0.4) is 0 Å². The highest BCUT2D eigenvalue weighted by molar-refractivity contribution is 6.35. The molecule has 0 saturated heterocycles. The third kappa shape index (κ3) is 5.54. The van der Waals surface area contributed by atoms with Gasteiger partial charge in [-0.1, -0.05) is 42.0 Å². The number of amides is 2. The number of halogens is 1. The molecule has 4 nitrogen and oxygen atoms in total. The summed E-state index contributed by atoms with van der Waals surface area (Å²) in [6, 6.07) is 13.7. The highest BCUT2D eigenvalue weighted by Gasteiger charge is 2.12. The van der Waals surface area contributed by atoms with E-state index >= 15 is 0 Å². The van der Waals surface area contributed by atoms with Crippen LogP contribution in [0, 0.1) is 12.7 Å². The Labute approximate surface area is 134 Å². The summed E-state index contributed by atoms with van der Waals surface area (Å²) in [7, 11) is 0. The average Bonchev–Trinajstić information content (AvgIpc) is 2.54. The highest BCUT2D eigenvalue weighted by Crippen LogP contribution is 2.04. The van der Waals surface area contributed by atoms with Crippen molar-refractivity contribution in [3.05, 3.63) is 71.0 Å². The van der Waals surface area contributed by atoms with Gasteiger partial charge in [-0.15, -0.1) is 0 Å². The first kappa shape index (κ1) is 16.7. The van der Waals surface area contributed by atoms with Crippen LogP contribution in [-0.2, 0) is 22.6 Å². The van der Waals surface area contributed by atoms with E-state index in [0.717, 1.165) is 16.7 Å². The number of aryl methyl sites for hydroxylation is 1. The maximum Gasteiger partial charge on any atom is 0.309 e. The molecule has 0 aliphatic heterocycles. The molecule has 23 heavy (non-hydrogen) atoms. The molecular formula is C18H19FN2O2. The normalized spacial score (nSPS) is 10.2.